The van der Waals surface area contributed by atoms with Crippen LogP contribution in [0, 0.1) is 5.92 Å². The molecule has 2 aromatic rings. The molecule has 0 amide bonds. The van der Waals surface area contributed by atoms with Crippen molar-refractivity contribution in [2.75, 3.05) is 5.75 Å². The minimum atomic E-state index is -0.825. The minimum absolute atomic E-state index is 0.0283. The number of halogens is 1. The lowest BCUT2D eigenvalue weighted by molar-refractivity contribution is -0.133. The molecule has 1 N–H and O–H groups in total. The number of aliphatic carboxylic acids is 1. The lowest BCUT2D eigenvalue weighted by Gasteiger charge is -2.07. The molecular formula is C14H15ClN2O2S. The second-order valence-corrected chi connectivity index (χ2v) is 6.43. The molecule has 1 aliphatic carbocycles. The van der Waals surface area contributed by atoms with Crippen molar-refractivity contribution in [1.29, 1.82) is 0 Å². The van der Waals surface area contributed by atoms with Crippen molar-refractivity contribution in [3.05, 3.63) is 23.2 Å². The average Bonchev–Trinajstić information content (AvgIpc) is 3.09. The van der Waals surface area contributed by atoms with Crippen LogP contribution in [0.2, 0.25) is 5.02 Å². The van der Waals surface area contributed by atoms with Crippen LogP contribution >= 0.6 is 23.4 Å². The Morgan fingerprint density at radius 2 is 2.40 bits per heavy atom. The molecule has 0 spiro atoms. The average molecular weight is 311 g/mol. The van der Waals surface area contributed by atoms with Crippen molar-refractivity contribution in [3.63, 3.8) is 0 Å². The van der Waals surface area contributed by atoms with Gasteiger partial charge in [-0.1, -0.05) is 36.7 Å². The molecule has 1 aromatic heterocycles. The Kier molecular flexibility index (Phi) is 3.65. The number of aromatic nitrogens is 2. The summed E-state index contributed by atoms with van der Waals surface area (Å²) in [4.78, 5) is 15.3. The van der Waals surface area contributed by atoms with E-state index >= 15 is 0 Å². The molecule has 1 heterocycles. The molecule has 2 atom stereocenters. The molecule has 0 bridgehead atoms. The van der Waals surface area contributed by atoms with Crippen LogP contribution in [0.25, 0.3) is 11.0 Å². The molecule has 1 aliphatic rings. The maximum absolute atomic E-state index is 10.8. The predicted molar refractivity (Wildman–Crippen MR) is 80.5 cm³/mol. The number of carboxylic acid groups (broad SMARTS) is 1. The van der Waals surface area contributed by atoms with Crippen LogP contribution < -0.4 is 0 Å². The summed E-state index contributed by atoms with van der Waals surface area (Å²) in [7, 11) is 0. The Bertz CT molecular complexity index is 670. The molecular weight excluding hydrogens is 296 g/mol. The molecule has 6 heteroatoms. The fraction of sp³-hybridized carbons (Fsp3) is 0.429. The van der Waals surface area contributed by atoms with Gasteiger partial charge in [0.05, 0.1) is 16.8 Å². The molecule has 0 radical (unpaired) electrons. The summed E-state index contributed by atoms with van der Waals surface area (Å²) in [5, 5.41) is 10.3. The lowest BCUT2D eigenvalue weighted by atomic mass is 10.3. The second kappa shape index (κ2) is 5.30. The predicted octanol–water partition coefficient (Wildman–Crippen LogP) is 3.84. The summed E-state index contributed by atoms with van der Waals surface area (Å²) in [6, 6.07) is 6.11. The quantitative estimate of drug-likeness (QED) is 0.853. The maximum atomic E-state index is 10.8. The van der Waals surface area contributed by atoms with E-state index in [0.29, 0.717) is 17.0 Å². The van der Waals surface area contributed by atoms with Crippen molar-refractivity contribution in [1.82, 2.24) is 9.55 Å². The number of hydrogen-bond acceptors (Lipinski definition) is 3. The Morgan fingerprint density at radius 3 is 3.05 bits per heavy atom. The zero-order valence-corrected chi connectivity index (χ0v) is 12.6. The zero-order valence-electron chi connectivity index (χ0n) is 11.0. The first-order valence-electron chi connectivity index (χ1n) is 6.62. The number of carbonyl (C=O) groups is 1. The van der Waals surface area contributed by atoms with E-state index in [1.165, 1.54) is 11.8 Å². The molecule has 106 valence electrons. The van der Waals surface area contributed by atoms with E-state index in [1.54, 1.807) is 0 Å². The Labute approximate surface area is 126 Å². The number of hydrogen-bond donors (Lipinski definition) is 1. The molecule has 20 heavy (non-hydrogen) atoms. The number of fused-ring (bicyclic) bond motifs is 1. The molecule has 2 unspecified atom stereocenters. The first-order chi connectivity index (χ1) is 9.60. The highest BCUT2D eigenvalue weighted by atomic mass is 35.5. The fourth-order valence-corrected chi connectivity index (χ4v) is 3.54. The summed E-state index contributed by atoms with van der Waals surface area (Å²) in [6.07, 6.45) is 2.28. The second-order valence-electron chi connectivity index (χ2n) is 5.05. The molecule has 1 aromatic carbocycles. The smallest absolute Gasteiger partial charge is 0.313 e. The highest BCUT2D eigenvalue weighted by Crippen LogP contribution is 2.48. The number of carboxylic acids is 1. The first kappa shape index (κ1) is 13.8. The van der Waals surface area contributed by atoms with Gasteiger partial charge in [-0.3, -0.25) is 4.79 Å². The van der Waals surface area contributed by atoms with Crippen LogP contribution in [-0.2, 0) is 4.79 Å². The summed E-state index contributed by atoms with van der Waals surface area (Å²) in [5.41, 5.74) is 1.88. The van der Waals surface area contributed by atoms with Gasteiger partial charge in [0, 0.05) is 11.1 Å². The number of imidazole rings is 1. The molecule has 0 saturated heterocycles. The van der Waals surface area contributed by atoms with Gasteiger partial charge in [0.25, 0.3) is 0 Å². The van der Waals surface area contributed by atoms with E-state index in [1.807, 2.05) is 18.2 Å². The molecule has 1 fully saturated rings. The summed E-state index contributed by atoms with van der Waals surface area (Å²) < 4.78 is 2.19. The Morgan fingerprint density at radius 1 is 1.60 bits per heavy atom. The van der Waals surface area contributed by atoms with Crippen LogP contribution in [0.15, 0.2) is 23.4 Å². The normalized spacial score (nSPS) is 21.3. The topological polar surface area (TPSA) is 55.1 Å². The largest absolute Gasteiger partial charge is 0.481 e. The third-order valence-corrected chi connectivity index (χ3v) is 4.86. The van der Waals surface area contributed by atoms with Gasteiger partial charge >= 0.3 is 5.97 Å². The highest BCUT2D eigenvalue weighted by Gasteiger charge is 2.39. The number of nitrogens with zero attached hydrogens (tertiary/aromatic N) is 2. The van der Waals surface area contributed by atoms with Gasteiger partial charge in [0.1, 0.15) is 0 Å². The molecule has 3 rings (SSSR count). The Balaban J connectivity index is 2.02. The van der Waals surface area contributed by atoms with E-state index in [4.69, 9.17) is 16.7 Å². The zero-order chi connectivity index (χ0) is 14.3. The fourth-order valence-electron chi connectivity index (χ4n) is 2.58. The van der Waals surface area contributed by atoms with Gasteiger partial charge in [0.15, 0.2) is 5.16 Å². The monoisotopic (exact) mass is 310 g/mol. The van der Waals surface area contributed by atoms with Crippen molar-refractivity contribution >= 4 is 40.4 Å². The number of thioether (sulfide) groups is 1. The summed E-state index contributed by atoms with van der Waals surface area (Å²) in [6.45, 7) is 2.19. The van der Waals surface area contributed by atoms with Gasteiger partial charge < -0.3 is 9.67 Å². The van der Waals surface area contributed by atoms with Crippen molar-refractivity contribution in [2.24, 2.45) is 5.92 Å². The maximum Gasteiger partial charge on any atom is 0.313 e. The molecule has 1 saturated carbocycles. The van der Waals surface area contributed by atoms with E-state index in [2.05, 4.69) is 16.5 Å². The summed E-state index contributed by atoms with van der Waals surface area (Å²) >= 11 is 7.29. The molecule has 0 aliphatic heterocycles. The first-order valence-corrected chi connectivity index (χ1v) is 7.98. The number of rotatable bonds is 5. The van der Waals surface area contributed by atoms with Crippen molar-refractivity contribution in [3.8, 4) is 0 Å². The van der Waals surface area contributed by atoms with Crippen LogP contribution in [0.4, 0.5) is 0 Å². The molecule has 4 nitrogen and oxygen atoms in total. The van der Waals surface area contributed by atoms with Crippen molar-refractivity contribution in [2.45, 2.75) is 31.0 Å². The van der Waals surface area contributed by atoms with Crippen LogP contribution in [0.3, 0.4) is 0 Å². The SMILES string of the molecule is CCC1CC1n1c(SCC(=O)O)nc2cc(Cl)ccc21. The minimum Gasteiger partial charge on any atom is -0.481 e. The third-order valence-electron chi connectivity index (χ3n) is 3.69. The van der Waals surface area contributed by atoms with Gasteiger partial charge in [0.2, 0.25) is 0 Å². The van der Waals surface area contributed by atoms with Gasteiger partial charge in [-0.15, -0.1) is 0 Å². The van der Waals surface area contributed by atoms with E-state index in [-0.39, 0.29) is 5.75 Å². The van der Waals surface area contributed by atoms with Gasteiger partial charge in [-0.05, 0) is 30.5 Å². The van der Waals surface area contributed by atoms with E-state index in [9.17, 15) is 4.79 Å². The van der Waals surface area contributed by atoms with Crippen LogP contribution in [-0.4, -0.2) is 26.4 Å². The van der Waals surface area contributed by atoms with Gasteiger partial charge in [-0.2, -0.15) is 0 Å². The van der Waals surface area contributed by atoms with E-state index < -0.39 is 5.97 Å². The van der Waals surface area contributed by atoms with Crippen LogP contribution in [0.1, 0.15) is 25.8 Å². The highest BCUT2D eigenvalue weighted by molar-refractivity contribution is 7.99. The lowest BCUT2D eigenvalue weighted by Crippen LogP contribution is -2.03. The summed E-state index contributed by atoms with van der Waals surface area (Å²) in [5.74, 6) is -0.123. The number of benzene rings is 1. The van der Waals surface area contributed by atoms with Gasteiger partial charge in [-0.25, -0.2) is 4.98 Å². The third kappa shape index (κ3) is 2.52. The van der Waals surface area contributed by atoms with E-state index in [0.717, 1.165) is 29.0 Å². The van der Waals surface area contributed by atoms with Crippen LogP contribution in [0.5, 0.6) is 0 Å². The standard InChI is InChI=1S/C14H15ClN2O2S/c1-2-8-5-12(8)17-11-4-3-9(15)6-10(11)16-14(17)20-7-13(18)19/h3-4,6,8,12H,2,5,7H2,1H3,(H,18,19). The van der Waals surface area contributed by atoms with Crippen molar-refractivity contribution < 1.29 is 9.90 Å². The Hall–Kier alpha value is -1.20.